The molecule has 1 rings (SSSR count). The van der Waals surface area contributed by atoms with Crippen molar-refractivity contribution in [2.45, 2.75) is 25.6 Å². The van der Waals surface area contributed by atoms with Crippen molar-refractivity contribution >= 4 is 5.97 Å². The molecule has 0 saturated heterocycles. The Morgan fingerprint density at radius 2 is 1.67 bits per heavy atom. The van der Waals surface area contributed by atoms with Crippen LogP contribution in [0.25, 0.3) is 0 Å². The number of rotatable bonds is 9. The number of methoxy groups -OCH3 is 3. The van der Waals surface area contributed by atoms with Crippen molar-refractivity contribution in [2.75, 3.05) is 21.3 Å². The van der Waals surface area contributed by atoms with E-state index in [1.54, 1.807) is 12.1 Å². The number of hydrogen-bond donors (Lipinski definition) is 0. The fraction of sp³-hybridized carbons (Fsp3) is 0.500. The van der Waals surface area contributed by atoms with Crippen LogP contribution in [0.1, 0.15) is 28.8 Å². The summed E-state index contributed by atoms with van der Waals surface area (Å²) in [5.41, 5.74) is 1.57. The van der Waals surface area contributed by atoms with Gasteiger partial charge in [0.05, 0.1) is 24.8 Å². The van der Waals surface area contributed by atoms with Crippen LogP contribution < -0.4 is 0 Å². The standard InChI is InChI=1S/C18H22N2O4/c1-22-17(21)14-9-7-13(8-10-14)5-4-6-16(15(11-19)12-20)18(23-2)24-3/h7-10,15-16,18H,4-6H2,1-3H3. The van der Waals surface area contributed by atoms with Gasteiger partial charge in [0.1, 0.15) is 5.92 Å². The Labute approximate surface area is 142 Å². The molecule has 1 unspecified atom stereocenters. The van der Waals surface area contributed by atoms with E-state index in [0.717, 1.165) is 18.4 Å². The molecule has 1 aromatic carbocycles. The van der Waals surface area contributed by atoms with Crippen LogP contribution in [-0.4, -0.2) is 33.6 Å². The van der Waals surface area contributed by atoms with Crippen molar-refractivity contribution in [3.63, 3.8) is 0 Å². The van der Waals surface area contributed by atoms with Gasteiger partial charge in [0.25, 0.3) is 0 Å². The number of ether oxygens (including phenoxy) is 3. The lowest BCUT2D eigenvalue weighted by Gasteiger charge is -2.25. The molecular formula is C18H22N2O4. The summed E-state index contributed by atoms with van der Waals surface area (Å²) in [4.78, 5) is 11.4. The van der Waals surface area contributed by atoms with E-state index in [9.17, 15) is 4.79 Å². The second-order valence-electron chi connectivity index (χ2n) is 5.32. The van der Waals surface area contributed by atoms with Crippen molar-refractivity contribution in [3.8, 4) is 12.1 Å². The number of carbonyl (C=O) groups excluding carboxylic acids is 1. The molecule has 0 fully saturated rings. The van der Waals surface area contributed by atoms with Crippen molar-refractivity contribution in [2.24, 2.45) is 11.8 Å². The molecule has 0 aliphatic heterocycles. The van der Waals surface area contributed by atoms with Gasteiger partial charge >= 0.3 is 5.97 Å². The molecule has 0 saturated carbocycles. The third kappa shape index (κ3) is 5.34. The first-order valence-corrected chi connectivity index (χ1v) is 7.63. The maximum atomic E-state index is 11.4. The molecule has 0 aromatic heterocycles. The van der Waals surface area contributed by atoms with Crippen molar-refractivity contribution < 1.29 is 19.0 Å². The van der Waals surface area contributed by atoms with Crippen LogP contribution in [0.2, 0.25) is 0 Å². The molecule has 128 valence electrons. The minimum absolute atomic E-state index is 0.315. The van der Waals surface area contributed by atoms with Gasteiger partial charge in [-0.3, -0.25) is 0 Å². The fourth-order valence-corrected chi connectivity index (χ4v) is 2.59. The van der Waals surface area contributed by atoms with Crippen LogP contribution in [-0.2, 0) is 20.6 Å². The van der Waals surface area contributed by atoms with Gasteiger partial charge < -0.3 is 14.2 Å². The summed E-state index contributed by atoms with van der Waals surface area (Å²) >= 11 is 0. The highest BCUT2D eigenvalue weighted by Crippen LogP contribution is 2.24. The average molecular weight is 330 g/mol. The van der Waals surface area contributed by atoms with E-state index in [1.807, 2.05) is 24.3 Å². The summed E-state index contributed by atoms with van der Waals surface area (Å²) < 4.78 is 15.1. The van der Waals surface area contributed by atoms with Gasteiger partial charge in [0.2, 0.25) is 0 Å². The van der Waals surface area contributed by atoms with Gasteiger partial charge in [0.15, 0.2) is 6.29 Å². The van der Waals surface area contributed by atoms with Crippen LogP contribution in [0.3, 0.4) is 0 Å². The smallest absolute Gasteiger partial charge is 0.337 e. The predicted octanol–water partition coefficient (Wildman–Crippen LogP) is 2.69. The first-order valence-electron chi connectivity index (χ1n) is 7.63. The SMILES string of the molecule is COC(=O)c1ccc(CCCC(C(C#N)C#N)C(OC)OC)cc1. The molecule has 6 nitrogen and oxygen atoms in total. The number of hydrogen-bond acceptors (Lipinski definition) is 6. The van der Waals surface area contributed by atoms with Crippen LogP contribution in [0, 0.1) is 34.5 Å². The van der Waals surface area contributed by atoms with Crippen molar-refractivity contribution in [3.05, 3.63) is 35.4 Å². The third-order valence-corrected chi connectivity index (χ3v) is 3.90. The minimum atomic E-state index is -0.781. The normalized spacial score (nSPS) is 11.8. The van der Waals surface area contributed by atoms with Gasteiger partial charge in [-0.2, -0.15) is 10.5 Å². The number of nitrogens with zero attached hydrogens (tertiary/aromatic N) is 2. The Morgan fingerprint density at radius 1 is 1.08 bits per heavy atom. The molecule has 0 amide bonds. The summed E-state index contributed by atoms with van der Waals surface area (Å²) in [6, 6.07) is 11.2. The molecule has 0 N–H and O–H groups in total. The molecule has 24 heavy (non-hydrogen) atoms. The van der Waals surface area contributed by atoms with Gasteiger partial charge in [-0.05, 0) is 37.0 Å². The quantitative estimate of drug-likeness (QED) is 0.510. The molecule has 1 atom stereocenters. The van der Waals surface area contributed by atoms with E-state index in [2.05, 4.69) is 4.74 Å². The number of aryl methyl sites for hydroxylation is 1. The maximum absolute atomic E-state index is 11.4. The highest BCUT2D eigenvalue weighted by atomic mass is 16.7. The molecule has 6 heteroatoms. The van der Waals surface area contributed by atoms with E-state index >= 15 is 0 Å². The Bertz CT molecular complexity index is 583. The molecule has 0 aliphatic rings. The largest absolute Gasteiger partial charge is 0.465 e. The van der Waals surface area contributed by atoms with Crippen molar-refractivity contribution in [1.29, 1.82) is 10.5 Å². The first kappa shape index (κ1) is 19.6. The second-order valence-corrected chi connectivity index (χ2v) is 5.32. The zero-order valence-electron chi connectivity index (χ0n) is 14.2. The second kappa shape index (κ2) is 10.4. The summed E-state index contributed by atoms with van der Waals surface area (Å²) in [5.74, 6) is -1.46. The fourth-order valence-electron chi connectivity index (χ4n) is 2.59. The lowest BCUT2D eigenvalue weighted by atomic mass is 9.88. The molecule has 0 spiro atoms. The summed E-state index contributed by atoms with van der Waals surface area (Å²) in [5, 5.41) is 18.3. The maximum Gasteiger partial charge on any atom is 0.337 e. The van der Waals surface area contributed by atoms with Gasteiger partial charge in [-0.15, -0.1) is 0 Å². The molecule has 0 bridgehead atoms. The lowest BCUT2D eigenvalue weighted by Crippen LogP contribution is -2.30. The Balaban J connectivity index is 2.66. The topological polar surface area (TPSA) is 92.3 Å². The molecule has 0 radical (unpaired) electrons. The van der Waals surface area contributed by atoms with Gasteiger partial charge in [-0.25, -0.2) is 4.79 Å². The highest BCUT2D eigenvalue weighted by Gasteiger charge is 2.29. The zero-order valence-corrected chi connectivity index (χ0v) is 14.2. The number of esters is 1. The van der Waals surface area contributed by atoms with Crippen molar-refractivity contribution in [1.82, 2.24) is 0 Å². The van der Waals surface area contributed by atoms with E-state index in [1.165, 1.54) is 21.3 Å². The summed E-state index contributed by atoms with van der Waals surface area (Å²) in [6.07, 6.45) is 1.57. The van der Waals surface area contributed by atoms with Crippen LogP contribution in [0.5, 0.6) is 0 Å². The monoisotopic (exact) mass is 330 g/mol. The van der Waals surface area contributed by atoms with Crippen LogP contribution >= 0.6 is 0 Å². The molecule has 1 aromatic rings. The van der Waals surface area contributed by atoms with E-state index in [0.29, 0.717) is 12.0 Å². The Hall–Kier alpha value is -2.41. The zero-order chi connectivity index (χ0) is 17.9. The number of carbonyl (C=O) groups is 1. The lowest BCUT2D eigenvalue weighted by molar-refractivity contribution is -0.143. The number of nitriles is 2. The average Bonchev–Trinajstić information content (AvgIpc) is 2.63. The molecule has 0 aliphatic carbocycles. The molecular weight excluding hydrogens is 308 g/mol. The third-order valence-electron chi connectivity index (χ3n) is 3.90. The van der Waals surface area contributed by atoms with E-state index < -0.39 is 12.2 Å². The van der Waals surface area contributed by atoms with E-state index in [-0.39, 0.29) is 11.9 Å². The van der Waals surface area contributed by atoms with E-state index in [4.69, 9.17) is 20.0 Å². The summed E-state index contributed by atoms with van der Waals surface area (Å²) in [6.45, 7) is 0. The van der Waals surface area contributed by atoms with Crippen LogP contribution in [0.4, 0.5) is 0 Å². The van der Waals surface area contributed by atoms with Crippen LogP contribution in [0.15, 0.2) is 24.3 Å². The first-order chi connectivity index (χ1) is 11.6. The summed E-state index contributed by atoms with van der Waals surface area (Å²) in [7, 11) is 4.34. The Morgan fingerprint density at radius 3 is 2.12 bits per heavy atom. The highest BCUT2D eigenvalue weighted by molar-refractivity contribution is 5.89. The van der Waals surface area contributed by atoms with Gasteiger partial charge in [0, 0.05) is 20.1 Å². The van der Waals surface area contributed by atoms with Gasteiger partial charge in [-0.1, -0.05) is 12.1 Å². The minimum Gasteiger partial charge on any atom is -0.465 e. The Kier molecular flexibility index (Phi) is 8.49. The predicted molar refractivity (Wildman–Crippen MR) is 86.7 cm³/mol. The molecule has 0 heterocycles. The number of benzene rings is 1.